The van der Waals surface area contributed by atoms with Crippen LogP contribution >= 0.6 is 0 Å². The summed E-state index contributed by atoms with van der Waals surface area (Å²) in [5, 5.41) is 2.49. The Morgan fingerprint density at radius 3 is 2.32 bits per heavy atom. The van der Waals surface area contributed by atoms with Crippen LogP contribution in [-0.4, -0.2) is 23.2 Å². The van der Waals surface area contributed by atoms with Crippen molar-refractivity contribution in [2.45, 2.75) is 25.1 Å². The van der Waals surface area contributed by atoms with Gasteiger partial charge >= 0.3 is 6.36 Å². The lowest BCUT2D eigenvalue weighted by molar-refractivity contribution is -0.274. The smallest absolute Gasteiger partial charge is 0.456 e. The number of hydrogen-bond acceptors (Lipinski definition) is 5. The lowest BCUT2D eigenvalue weighted by Crippen LogP contribution is -2.18. The molecule has 2 amide bonds. The van der Waals surface area contributed by atoms with E-state index in [-0.39, 0.29) is 28.8 Å². The summed E-state index contributed by atoms with van der Waals surface area (Å²) in [7, 11) is 0. The van der Waals surface area contributed by atoms with Crippen LogP contribution in [0.3, 0.4) is 0 Å². The Labute approximate surface area is 190 Å². The first-order chi connectivity index (χ1) is 16.1. The maximum Gasteiger partial charge on any atom is 0.573 e. The zero-order valence-electron chi connectivity index (χ0n) is 17.4. The molecule has 1 saturated carbocycles. The van der Waals surface area contributed by atoms with Gasteiger partial charge in [0.05, 0.1) is 0 Å². The van der Waals surface area contributed by atoms with E-state index < -0.39 is 35.3 Å². The molecule has 2 aromatic carbocycles. The quantitative estimate of drug-likeness (QED) is 0.461. The SMILES string of the molecule is NC(=O)c1cc(NC(=O)c2c(Oc3ccc(OC(F)(F)F)cc3)ccc(C3CC3)c2F)ccn1. The van der Waals surface area contributed by atoms with Crippen molar-refractivity contribution in [1.29, 1.82) is 0 Å². The highest BCUT2D eigenvalue weighted by molar-refractivity contribution is 6.07. The number of anilines is 1. The fourth-order valence-electron chi connectivity index (χ4n) is 3.25. The number of amides is 2. The molecular weight excluding hydrogens is 458 g/mol. The number of alkyl halides is 3. The lowest BCUT2D eigenvalue weighted by atomic mass is 10.0. The number of nitrogens with two attached hydrogens (primary N) is 1. The lowest BCUT2D eigenvalue weighted by Gasteiger charge is -2.15. The van der Waals surface area contributed by atoms with E-state index in [1.54, 1.807) is 0 Å². The Hall–Kier alpha value is -4.15. The average Bonchev–Trinajstić information content (AvgIpc) is 3.59. The van der Waals surface area contributed by atoms with Gasteiger partial charge in [0.25, 0.3) is 11.8 Å². The second kappa shape index (κ2) is 9.00. The van der Waals surface area contributed by atoms with Crippen molar-refractivity contribution in [3.05, 3.63) is 77.4 Å². The number of pyridine rings is 1. The van der Waals surface area contributed by atoms with Crippen LogP contribution < -0.4 is 20.5 Å². The minimum absolute atomic E-state index is 0.0122. The van der Waals surface area contributed by atoms with E-state index >= 15 is 4.39 Å². The second-order valence-corrected chi connectivity index (χ2v) is 7.49. The summed E-state index contributed by atoms with van der Waals surface area (Å²) >= 11 is 0. The van der Waals surface area contributed by atoms with Gasteiger partial charge in [-0.25, -0.2) is 4.39 Å². The molecule has 4 rings (SSSR count). The topological polar surface area (TPSA) is 104 Å². The van der Waals surface area contributed by atoms with Crippen molar-refractivity contribution >= 4 is 17.5 Å². The van der Waals surface area contributed by atoms with Crippen LogP contribution in [-0.2, 0) is 0 Å². The van der Waals surface area contributed by atoms with Crippen molar-refractivity contribution in [3.63, 3.8) is 0 Å². The van der Waals surface area contributed by atoms with Crippen LogP contribution in [0, 0.1) is 5.82 Å². The molecule has 1 aliphatic carbocycles. The van der Waals surface area contributed by atoms with Crippen molar-refractivity contribution in [2.75, 3.05) is 5.32 Å². The van der Waals surface area contributed by atoms with Crippen molar-refractivity contribution in [1.82, 2.24) is 4.98 Å². The van der Waals surface area contributed by atoms with Gasteiger partial charge in [-0.3, -0.25) is 14.6 Å². The minimum atomic E-state index is -4.85. The molecule has 0 saturated heterocycles. The molecule has 0 bridgehead atoms. The molecule has 0 aliphatic heterocycles. The third-order valence-electron chi connectivity index (χ3n) is 4.93. The van der Waals surface area contributed by atoms with Gasteiger partial charge < -0.3 is 20.5 Å². The van der Waals surface area contributed by atoms with Gasteiger partial charge in [0, 0.05) is 11.9 Å². The van der Waals surface area contributed by atoms with Crippen molar-refractivity contribution < 1.29 is 36.6 Å². The number of primary amides is 1. The fraction of sp³-hybridized carbons (Fsp3) is 0.174. The van der Waals surface area contributed by atoms with Crippen LogP contribution in [0.5, 0.6) is 17.2 Å². The first kappa shape index (κ1) is 23.0. The highest BCUT2D eigenvalue weighted by Gasteiger charge is 2.32. The number of aromatic nitrogens is 1. The Morgan fingerprint density at radius 1 is 1.03 bits per heavy atom. The van der Waals surface area contributed by atoms with E-state index in [1.165, 1.54) is 42.6 Å². The van der Waals surface area contributed by atoms with E-state index in [2.05, 4.69) is 15.0 Å². The summed E-state index contributed by atoms with van der Waals surface area (Å²) in [6.07, 6.45) is -2.03. The number of hydrogen-bond donors (Lipinski definition) is 2. The summed E-state index contributed by atoms with van der Waals surface area (Å²) in [5.41, 5.74) is 5.23. The van der Waals surface area contributed by atoms with Crippen molar-refractivity contribution in [2.24, 2.45) is 5.73 Å². The number of carbonyl (C=O) groups excluding carboxylic acids is 2. The molecule has 1 aliphatic rings. The highest BCUT2D eigenvalue weighted by Crippen LogP contribution is 2.43. The molecule has 7 nitrogen and oxygen atoms in total. The zero-order valence-corrected chi connectivity index (χ0v) is 17.4. The molecule has 3 N–H and O–H groups in total. The molecular formula is C23H17F4N3O4. The van der Waals surface area contributed by atoms with Gasteiger partial charge in [0.1, 0.15) is 34.3 Å². The third-order valence-corrected chi connectivity index (χ3v) is 4.93. The first-order valence-corrected chi connectivity index (χ1v) is 10.0. The number of ether oxygens (including phenoxy) is 2. The van der Waals surface area contributed by atoms with Gasteiger partial charge in [-0.1, -0.05) is 6.07 Å². The predicted molar refractivity (Wildman–Crippen MR) is 112 cm³/mol. The van der Waals surface area contributed by atoms with E-state index in [1.807, 2.05) is 0 Å². The molecule has 0 unspecified atom stereocenters. The van der Waals surface area contributed by atoms with Gasteiger partial charge in [-0.15, -0.1) is 13.2 Å². The van der Waals surface area contributed by atoms with Gasteiger partial charge in [-0.2, -0.15) is 0 Å². The predicted octanol–water partition coefficient (Wildman–Crippen LogP) is 5.14. The Bertz CT molecular complexity index is 1240. The standard InChI is InChI=1S/C23H17F4N3O4/c24-20-16(12-1-2-12)7-8-18(33-14-3-5-15(6-4-14)34-23(25,26)27)19(20)22(32)30-13-9-10-29-17(11-13)21(28)31/h3-12H,1-2H2,(H2,28,31)(H,29,30,32). The fourth-order valence-corrected chi connectivity index (χ4v) is 3.25. The molecule has 1 aromatic heterocycles. The molecule has 1 fully saturated rings. The summed E-state index contributed by atoms with van der Waals surface area (Å²) in [5.74, 6) is -2.99. The van der Waals surface area contributed by atoms with Crippen LogP contribution in [0.15, 0.2) is 54.7 Å². The minimum Gasteiger partial charge on any atom is -0.456 e. The maximum atomic E-state index is 15.4. The van der Waals surface area contributed by atoms with Crippen LogP contribution in [0.1, 0.15) is 45.2 Å². The van der Waals surface area contributed by atoms with Crippen molar-refractivity contribution in [3.8, 4) is 17.2 Å². The molecule has 0 spiro atoms. The summed E-state index contributed by atoms with van der Waals surface area (Å²) in [4.78, 5) is 28.1. The third kappa shape index (κ3) is 5.42. The number of nitrogens with zero attached hydrogens (tertiary/aromatic N) is 1. The molecule has 0 radical (unpaired) electrons. The molecule has 3 aromatic rings. The van der Waals surface area contributed by atoms with E-state index in [0.29, 0.717) is 5.56 Å². The summed E-state index contributed by atoms with van der Waals surface area (Å²) in [6.45, 7) is 0. The number of carbonyl (C=O) groups is 2. The van der Waals surface area contributed by atoms with Gasteiger partial charge in [0.15, 0.2) is 0 Å². The van der Waals surface area contributed by atoms with E-state index in [4.69, 9.17) is 10.5 Å². The Kier molecular flexibility index (Phi) is 6.10. The monoisotopic (exact) mass is 475 g/mol. The summed E-state index contributed by atoms with van der Waals surface area (Å²) < 4.78 is 61.9. The molecule has 176 valence electrons. The molecule has 0 atom stereocenters. The Balaban J connectivity index is 1.63. The number of nitrogens with one attached hydrogen (secondary N) is 1. The second-order valence-electron chi connectivity index (χ2n) is 7.49. The van der Waals surface area contributed by atoms with E-state index in [9.17, 15) is 22.8 Å². The maximum absolute atomic E-state index is 15.4. The molecule has 1 heterocycles. The zero-order chi connectivity index (χ0) is 24.5. The van der Waals surface area contributed by atoms with Crippen LogP contribution in [0.2, 0.25) is 0 Å². The van der Waals surface area contributed by atoms with Crippen LogP contribution in [0.25, 0.3) is 0 Å². The van der Waals surface area contributed by atoms with Crippen LogP contribution in [0.4, 0.5) is 23.2 Å². The highest BCUT2D eigenvalue weighted by atomic mass is 19.4. The summed E-state index contributed by atoms with van der Waals surface area (Å²) in [6, 6.07) is 10.0. The van der Waals surface area contributed by atoms with Gasteiger partial charge in [0.2, 0.25) is 0 Å². The molecule has 34 heavy (non-hydrogen) atoms. The first-order valence-electron chi connectivity index (χ1n) is 10.0. The largest absolute Gasteiger partial charge is 0.573 e. The number of benzene rings is 2. The normalized spacial score (nSPS) is 13.3. The average molecular weight is 475 g/mol. The number of halogens is 4. The van der Waals surface area contributed by atoms with Gasteiger partial charge in [-0.05, 0) is 66.8 Å². The number of rotatable bonds is 7. The Morgan fingerprint density at radius 2 is 1.71 bits per heavy atom. The molecule has 11 heteroatoms. The van der Waals surface area contributed by atoms with E-state index in [0.717, 1.165) is 25.0 Å².